The molecule has 0 radical (unpaired) electrons. The fourth-order valence-electron chi connectivity index (χ4n) is 2.27. The summed E-state index contributed by atoms with van der Waals surface area (Å²) < 4.78 is 38.0. The highest BCUT2D eigenvalue weighted by Gasteiger charge is 2.32. The van der Waals surface area contributed by atoms with E-state index in [2.05, 4.69) is 5.32 Å². The van der Waals surface area contributed by atoms with Crippen molar-refractivity contribution in [2.75, 3.05) is 18.0 Å². The van der Waals surface area contributed by atoms with E-state index in [-0.39, 0.29) is 16.0 Å². The van der Waals surface area contributed by atoms with Crippen LogP contribution in [0.4, 0.5) is 18.9 Å². The number of nitrogens with one attached hydrogen (secondary N) is 1. The third-order valence-corrected chi connectivity index (χ3v) is 5.09. The van der Waals surface area contributed by atoms with E-state index in [1.54, 1.807) is 11.8 Å². The maximum Gasteiger partial charge on any atom is 0.416 e. The molecule has 0 saturated carbocycles. The average Bonchev–Trinajstić information content (AvgIpc) is 2.83. The van der Waals surface area contributed by atoms with Gasteiger partial charge in [0.2, 0.25) is 0 Å². The quantitative estimate of drug-likeness (QED) is 0.841. The molecule has 1 aromatic carbocycles. The van der Waals surface area contributed by atoms with Crippen molar-refractivity contribution in [2.45, 2.75) is 30.7 Å². The number of nitrogen functional groups attached to an aromatic ring is 1. The molecule has 1 unspecified atom stereocenters. The number of hydrogen-bond donors (Lipinski definition) is 2. The zero-order valence-electron chi connectivity index (χ0n) is 11.6. The Balaban J connectivity index is 2.11. The lowest BCUT2D eigenvalue weighted by molar-refractivity contribution is -0.137. The van der Waals surface area contributed by atoms with Crippen LogP contribution in [0.5, 0.6) is 0 Å². The summed E-state index contributed by atoms with van der Waals surface area (Å²) in [5.41, 5.74) is 4.66. The molecule has 116 valence electrons. The first-order valence-electron chi connectivity index (χ1n) is 6.60. The van der Waals surface area contributed by atoms with E-state index in [0.717, 1.165) is 36.8 Å². The Morgan fingerprint density at radius 3 is 2.76 bits per heavy atom. The van der Waals surface area contributed by atoms with Crippen LogP contribution in [-0.4, -0.2) is 23.0 Å². The van der Waals surface area contributed by atoms with E-state index in [1.165, 1.54) is 0 Å². The summed E-state index contributed by atoms with van der Waals surface area (Å²) in [6, 6.07) is 2.79. The van der Waals surface area contributed by atoms with Crippen molar-refractivity contribution in [2.24, 2.45) is 0 Å². The second kappa shape index (κ2) is 5.79. The largest absolute Gasteiger partial charge is 0.416 e. The molecule has 1 amide bonds. The fourth-order valence-corrected chi connectivity index (χ4v) is 3.51. The standard InChI is InChI=1S/C14H17F3N2OS/c1-13(5-2-6-21-13)8-19-12(20)10-7-9(14(15,16)17)3-4-11(10)18/h3-4,7H,2,5-6,8,18H2,1H3,(H,19,20). The molecule has 21 heavy (non-hydrogen) atoms. The first-order chi connectivity index (χ1) is 9.71. The van der Waals surface area contributed by atoms with E-state index in [0.29, 0.717) is 6.54 Å². The fraction of sp³-hybridized carbons (Fsp3) is 0.500. The molecule has 3 N–H and O–H groups in total. The smallest absolute Gasteiger partial charge is 0.398 e. The van der Waals surface area contributed by atoms with E-state index < -0.39 is 17.6 Å². The van der Waals surface area contributed by atoms with Crippen LogP contribution in [0.3, 0.4) is 0 Å². The minimum absolute atomic E-state index is 0.0460. The molecule has 1 atom stereocenters. The van der Waals surface area contributed by atoms with Gasteiger partial charge in [0.25, 0.3) is 5.91 Å². The van der Waals surface area contributed by atoms with Crippen LogP contribution in [0.1, 0.15) is 35.7 Å². The van der Waals surface area contributed by atoms with E-state index in [4.69, 9.17) is 5.73 Å². The van der Waals surface area contributed by atoms with E-state index >= 15 is 0 Å². The minimum atomic E-state index is -4.49. The van der Waals surface area contributed by atoms with E-state index in [9.17, 15) is 18.0 Å². The van der Waals surface area contributed by atoms with Gasteiger partial charge in [-0.25, -0.2) is 0 Å². The van der Waals surface area contributed by atoms with Crippen molar-refractivity contribution in [1.82, 2.24) is 5.32 Å². The number of thioether (sulfide) groups is 1. The zero-order chi connectivity index (χ0) is 15.7. The van der Waals surface area contributed by atoms with Crippen LogP contribution in [0.25, 0.3) is 0 Å². The number of anilines is 1. The molecule has 1 aliphatic heterocycles. The highest BCUT2D eigenvalue weighted by Crippen LogP contribution is 2.37. The minimum Gasteiger partial charge on any atom is -0.398 e. The van der Waals surface area contributed by atoms with Crippen molar-refractivity contribution in [3.8, 4) is 0 Å². The number of halogens is 3. The Kier molecular flexibility index (Phi) is 4.41. The summed E-state index contributed by atoms with van der Waals surface area (Å²) in [6.07, 6.45) is -2.42. The highest BCUT2D eigenvalue weighted by molar-refractivity contribution is 8.00. The average molecular weight is 318 g/mol. The van der Waals surface area contributed by atoms with Gasteiger partial charge in [-0.15, -0.1) is 0 Å². The summed E-state index contributed by atoms with van der Waals surface area (Å²) >= 11 is 1.77. The van der Waals surface area contributed by atoms with Crippen LogP contribution >= 0.6 is 11.8 Å². The molecule has 2 rings (SSSR count). The Bertz CT molecular complexity index is 540. The van der Waals surface area contributed by atoms with Crippen LogP contribution < -0.4 is 11.1 Å². The number of carbonyl (C=O) groups excluding carboxylic acids is 1. The number of hydrogen-bond acceptors (Lipinski definition) is 3. The molecule has 0 spiro atoms. The number of rotatable bonds is 3. The summed E-state index contributed by atoms with van der Waals surface area (Å²) in [5.74, 6) is 0.477. The van der Waals surface area contributed by atoms with Gasteiger partial charge in [0.1, 0.15) is 0 Å². The molecular weight excluding hydrogens is 301 g/mol. The van der Waals surface area contributed by atoms with Crippen molar-refractivity contribution >= 4 is 23.4 Å². The molecule has 0 bridgehead atoms. The van der Waals surface area contributed by atoms with E-state index in [1.807, 2.05) is 6.92 Å². The van der Waals surface area contributed by atoms with Crippen LogP contribution in [0.15, 0.2) is 18.2 Å². The number of carbonyl (C=O) groups is 1. The molecule has 1 saturated heterocycles. The van der Waals surface area contributed by atoms with Crippen LogP contribution in [-0.2, 0) is 6.18 Å². The van der Waals surface area contributed by atoms with Crippen molar-refractivity contribution in [3.63, 3.8) is 0 Å². The molecular formula is C14H17F3N2OS. The molecule has 0 aliphatic carbocycles. The van der Waals surface area contributed by atoms with Crippen molar-refractivity contribution in [1.29, 1.82) is 0 Å². The number of alkyl halides is 3. The Hall–Kier alpha value is -1.37. The molecule has 3 nitrogen and oxygen atoms in total. The SMILES string of the molecule is CC1(CNC(=O)c2cc(C(F)(F)F)ccc2N)CCCS1. The maximum absolute atomic E-state index is 12.7. The molecule has 1 aliphatic rings. The predicted octanol–water partition coefficient (Wildman–Crippen LogP) is 3.30. The number of amides is 1. The topological polar surface area (TPSA) is 55.1 Å². The van der Waals surface area contributed by atoms with Crippen LogP contribution in [0.2, 0.25) is 0 Å². The second-order valence-electron chi connectivity index (χ2n) is 5.38. The van der Waals surface area contributed by atoms with Gasteiger partial charge in [0.15, 0.2) is 0 Å². The zero-order valence-corrected chi connectivity index (χ0v) is 12.4. The predicted molar refractivity (Wildman–Crippen MR) is 78.3 cm³/mol. The van der Waals surface area contributed by atoms with Gasteiger partial charge in [-0.3, -0.25) is 4.79 Å². The maximum atomic E-state index is 12.7. The van der Waals surface area contributed by atoms with Gasteiger partial charge in [0.05, 0.1) is 11.1 Å². The third-order valence-electron chi connectivity index (χ3n) is 3.55. The van der Waals surface area contributed by atoms with Gasteiger partial charge in [-0.1, -0.05) is 0 Å². The summed E-state index contributed by atoms with van der Waals surface area (Å²) in [6.45, 7) is 2.46. The van der Waals surface area contributed by atoms with Gasteiger partial charge in [-0.2, -0.15) is 24.9 Å². The molecule has 1 heterocycles. The Morgan fingerprint density at radius 1 is 1.48 bits per heavy atom. The van der Waals surface area contributed by atoms with Crippen LogP contribution in [0, 0.1) is 0 Å². The molecule has 7 heteroatoms. The van der Waals surface area contributed by atoms with Gasteiger partial charge in [-0.05, 0) is 43.7 Å². The summed E-state index contributed by atoms with van der Waals surface area (Å²) in [7, 11) is 0. The first kappa shape index (κ1) is 16.0. The lowest BCUT2D eigenvalue weighted by Crippen LogP contribution is -2.37. The van der Waals surface area contributed by atoms with Gasteiger partial charge >= 0.3 is 6.18 Å². The second-order valence-corrected chi connectivity index (χ2v) is 7.07. The monoisotopic (exact) mass is 318 g/mol. The van der Waals surface area contributed by atoms with Gasteiger partial charge in [0, 0.05) is 17.0 Å². The lowest BCUT2D eigenvalue weighted by Gasteiger charge is -2.23. The number of nitrogens with two attached hydrogens (primary N) is 1. The Labute approximate surface area is 125 Å². The lowest BCUT2D eigenvalue weighted by atomic mass is 10.0. The first-order valence-corrected chi connectivity index (χ1v) is 7.59. The molecule has 0 aromatic heterocycles. The summed E-state index contributed by atoms with van der Waals surface area (Å²) in [4.78, 5) is 12.1. The van der Waals surface area contributed by atoms with Gasteiger partial charge < -0.3 is 11.1 Å². The number of benzene rings is 1. The summed E-state index contributed by atoms with van der Waals surface area (Å²) in [5, 5.41) is 2.69. The Morgan fingerprint density at radius 2 is 2.19 bits per heavy atom. The third kappa shape index (κ3) is 3.84. The molecule has 1 aromatic rings. The van der Waals surface area contributed by atoms with Crippen molar-refractivity contribution < 1.29 is 18.0 Å². The normalized spacial score (nSPS) is 22.3. The highest BCUT2D eigenvalue weighted by atomic mass is 32.2. The van der Waals surface area contributed by atoms with Crippen molar-refractivity contribution in [3.05, 3.63) is 29.3 Å². The molecule has 1 fully saturated rings.